The SMILES string of the molecule is CCOC(=O)c1c(Cl)nc(C)c(C(OC)C(=O)OC)c1OCc1ccccc1. The Bertz CT molecular complexity index is 840. The summed E-state index contributed by atoms with van der Waals surface area (Å²) in [6.07, 6.45) is -1.14. The number of aryl methyl sites for hydroxylation is 1. The lowest BCUT2D eigenvalue weighted by molar-refractivity contribution is -0.152. The Morgan fingerprint density at radius 1 is 1.18 bits per heavy atom. The second-order valence-corrected chi connectivity index (χ2v) is 6.10. The Kier molecular flexibility index (Phi) is 7.78. The molecule has 0 radical (unpaired) electrons. The van der Waals surface area contributed by atoms with E-state index in [1.54, 1.807) is 13.8 Å². The van der Waals surface area contributed by atoms with Gasteiger partial charge in [-0.25, -0.2) is 14.6 Å². The summed E-state index contributed by atoms with van der Waals surface area (Å²) in [7, 11) is 2.59. The van der Waals surface area contributed by atoms with Crippen molar-refractivity contribution in [2.75, 3.05) is 20.8 Å². The van der Waals surface area contributed by atoms with Crippen molar-refractivity contribution >= 4 is 23.5 Å². The van der Waals surface area contributed by atoms with Gasteiger partial charge in [-0.2, -0.15) is 0 Å². The molecule has 0 aliphatic carbocycles. The number of carbonyl (C=O) groups excluding carboxylic acids is 2. The average molecular weight is 408 g/mol. The molecular formula is C20H22ClNO6. The maximum atomic E-state index is 12.5. The number of carbonyl (C=O) groups is 2. The smallest absolute Gasteiger partial charge is 0.345 e. The van der Waals surface area contributed by atoms with Crippen LogP contribution in [-0.2, 0) is 25.6 Å². The van der Waals surface area contributed by atoms with Crippen molar-refractivity contribution in [3.05, 3.63) is 57.9 Å². The fourth-order valence-electron chi connectivity index (χ4n) is 2.66. The van der Waals surface area contributed by atoms with Crippen molar-refractivity contribution in [2.24, 2.45) is 0 Å². The molecule has 0 amide bonds. The number of pyridine rings is 1. The monoisotopic (exact) mass is 407 g/mol. The number of halogens is 1. The lowest BCUT2D eigenvalue weighted by atomic mass is 10.0. The molecule has 1 heterocycles. The van der Waals surface area contributed by atoms with E-state index < -0.39 is 18.0 Å². The van der Waals surface area contributed by atoms with Crippen LogP contribution in [0.2, 0.25) is 5.15 Å². The standard InChI is InChI=1S/C20H22ClNO6/c1-5-27-19(23)15-16(28-11-13-9-7-6-8-10-13)14(12(2)22-18(15)21)17(25-3)20(24)26-4/h6-10,17H,5,11H2,1-4H3. The van der Waals surface area contributed by atoms with Gasteiger partial charge in [0.05, 0.1) is 19.3 Å². The van der Waals surface area contributed by atoms with Crippen LogP contribution in [0.1, 0.15) is 40.2 Å². The molecule has 8 heteroatoms. The van der Waals surface area contributed by atoms with E-state index in [-0.39, 0.29) is 35.2 Å². The summed E-state index contributed by atoms with van der Waals surface area (Å²) in [5.74, 6) is -1.28. The van der Waals surface area contributed by atoms with Crippen LogP contribution in [-0.4, -0.2) is 37.7 Å². The first kappa shape index (κ1) is 21.7. The number of rotatable bonds is 8. The average Bonchev–Trinajstić information content (AvgIpc) is 2.69. The normalized spacial score (nSPS) is 11.6. The van der Waals surface area contributed by atoms with Gasteiger partial charge < -0.3 is 18.9 Å². The van der Waals surface area contributed by atoms with E-state index in [1.807, 2.05) is 30.3 Å². The van der Waals surface area contributed by atoms with E-state index in [2.05, 4.69) is 4.98 Å². The first-order valence-corrected chi connectivity index (χ1v) is 8.96. The fraction of sp³-hybridized carbons (Fsp3) is 0.350. The number of hydrogen-bond acceptors (Lipinski definition) is 7. The van der Waals surface area contributed by atoms with Gasteiger partial charge in [0.2, 0.25) is 0 Å². The third-order valence-corrected chi connectivity index (χ3v) is 4.23. The minimum Gasteiger partial charge on any atom is -0.487 e. The Labute approximate surface area is 168 Å². The fourth-order valence-corrected chi connectivity index (χ4v) is 2.95. The maximum Gasteiger partial charge on any atom is 0.345 e. The number of methoxy groups -OCH3 is 2. The van der Waals surface area contributed by atoms with Crippen molar-refractivity contribution < 1.29 is 28.5 Å². The minimum atomic E-state index is -1.14. The zero-order valence-corrected chi connectivity index (χ0v) is 16.9. The van der Waals surface area contributed by atoms with Crippen molar-refractivity contribution in [1.29, 1.82) is 0 Å². The molecule has 0 N–H and O–H groups in total. The molecule has 2 rings (SSSR count). The van der Waals surface area contributed by atoms with E-state index in [1.165, 1.54) is 14.2 Å². The minimum absolute atomic E-state index is 0.0639. The largest absolute Gasteiger partial charge is 0.487 e. The molecule has 0 aliphatic rings. The molecular weight excluding hydrogens is 386 g/mol. The molecule has 1 unspecified atom stereocenters. The van der Waals surface area contributed by atoms with E-state index >= 15 is 0 Å². The van der Waals surface area contributed by atoms with Gasteiger partial charge in [0.1, 0.15) is 23.1 Å². The third-order valence-electron chi connectivity index (χ3n) is 3.95. The summed E-state index contributed by atoms with van der Waals surface area (Å²) in [6, 6.07) is 9.34. The van der Waals surface area contributed by atoms with E-state index in [4.69, 9.17) is 30.5 Å². The van der Waals surface area contributed by atoms with Gasteiger partial charge in [0.25, 0.3) is 0 Å². The summed E-state index contributed by atoms with van der Waals surface area (Å²) >= 11 is 6.23. The Morgan fingerprint density at radius 3 is 2.43 bits per heavy atom. The molecule has 2 aromatic rings. The van der Waals surface area contributed by atoms with Crippen LogP contribution in [0.3, 0.4) is 0 Å². The predicted molar refractivity (Wildman–Crippen MR) is 102 cm³/mol. The summed E-state index contributed by atoms with van der Waals surface area (Å²) in [4.78, 5) is 28.9. The second-order valence-electron chi connectivity index (χ2n) is 5.74. The van der Waals surface area contributed by atoms with Crippen LogP contribution < -0.4 is 4.74 Å². The van der Waals surface area contributed by atoms with Crippen LogP contribution in [0, 0.1) is 6.92 Å². The molecule has 0 aliphatic heterocycles. The third kappa shape index (κ3) is 4.79. The van der Waals surface area contributed by atoms with Crippen LogP contribution in [0.5, 0.6) is 5.75 Å². The molecule has 0 saturated heterocycles. The topological polar surface area (TPSA) is 84.0 Å². The van der Waals surface area contributed by atoms with E-state index in [0.29, 0.717) is 5.69 Å². The van der Waals surface area contributed by atoms with Crippen LogP contribution >= 0.6 is 11.6 Å². The molecule has 0 fully saturated rings. The van der Waals surface area contributed by atoms with E-state index in [0.717, 1.165) is 5.56 Å². The predicted octanol–water partition coefficient (Wildman–Crippen LogP) is 3.66. The summed E-state index contributed by atoms with van der Waals surface area (Å²) < 4.78 is 21.2. The summed E-state index contributed by atoms with van der Waals surface area (Å²) in [5, 5.41) is -0.0810. The van der Waals surface area contributed by atoms with Crippen molar-refractivity contribution in [1.82, 2.24) is 4.98 Å². The van der Waals surface area contributed by atoms with Crippen molar-refractivity contribution in [3.63, 3.8) is 0 Å². The van der Waals surface area contributed by atoms with Crippen LogP contribution in [0.15, 0.2) is 30.3 Å². The molecule has 150 valence electrons. The number of nitrogens with zero attached hydrogens (tertiary/aromatic N) is 1. The quantitative estimate of drug-likeness (QED) is 0.487. The molecule has 1 aromatic heterocycles. The molecule has 0 spiro atoms. The molecule has 7 nitrogen and oxygen atoms in total. The number of ether oxygens (including phenoxy) is 4. The molecule has 0 bridgehead atoms. The van der Waals surface area contributed by atoms with Crippen molar-refractivity contribution in [3.8, 4) is 5.75 Å². The second kappa shape index (κ2) is 10.1. The number of hydrogen-bond donors (Lipinski definition) is 0. The summed E-state index contributed by atoms with van der Waals surface area (Å²) in [5.41, 5.74) is 1.43. The molecule has 0 saturated carbocycles. The number of esters is 2. The molecule has 1 atom stereocenters. The highest BCUT2D eigenvalue weighted by Crippen LogP contribution is 2.38. The first-order valence-electron chi connectivity index (χ1n) is 8.59. The highest BCUT2D eigenvalue weighted by atomic mass is 35.5. The highest BCUT2D eigenvalue weighted by molar-refractivity contribution is 6.32. The van der Waals surface area contributed by atoms with Gasteiger partial charge in [0.15, 0.2) is 6.10 Å². The number of aromatic nitrogens is 1. The first-order chi connectivity index (χ1) is 13.4. The maximum absolute atomic E-state index is 12.5. The molecule has 1 aromatic carbocycles. The van der Waals surface area contributed by atoms with Crippen LogP contribution in [0.4, 0.5) is 0 Å². The van der Waals surface area contributed by atoms with Crippen LogP contribution in [0.25, 0.3) is 0 Å². The van der Waals surface area contributed by atoms with Crippen molar-refractivity contribution in [2.45, 2.75) is 26.6 Å². The molecule has 28 heavy (non-hydrogen) atoms. The lowest BCUT2D eigenvalue weighted by Crippen LogP contribution is -2.21. The Balaban J connectivity index is 2.62. The van der Waals surface area contributed by atoms with Gasteiger partial charge in [-0.1, -0.05) is 41.9 Å². The van der Waals surface area contributed by atoms with Gasteiger partial charge >= 0.3 is 11.9 Å². The Hall–Kier alpha value is -2.64. The number of benzene rings is 1. The van der Waals surface area contributed by atoms with Gasteiger partial charge in [-0.05, 0) is 19.4 Å². The highest BCUT2D eigenvalue weighted by Gasteiger charge is 2.33. The zero-order valence-electron chi connectivity index (χ0n) is 16.2. The lowest BCUT2D eigenvalue weighted by Gasteiger charge is -2.22. The van der Waals surface area contributed by atoms with Gasteiger partial charge in [-0.3, -0.25) is 0 Å². The van der Waals surface area contributed by atoms with Gasteiger partial charge in [-0.15, -0.1) is 0 Å². The zero-order chi connectivity index (χ0) is 20.7. The van der Waals surface area contributed by atoms with E-state index in [9.17, 15) is 9.59 Å². The Morgan fingerprint density at radius 2 is 1.86 bits per heavy atom. The van der Waals surface area contributed by atoms with Gasteiger partial charge in [0, 0.05) is 12.8 Å². The summed E-state index contributed by atoms with van der Waals surface area (Å²) in [6.45, 7) is 3.59.